The fourth-order valence-corrected chi connectivity index (χ4v) is 2.30. The van der Waals surface area contributed by atoms with Crippen molar-refractivity contribution in [3.8, 4) is 0 Å². The molecule has 2 N–H and O–H groups in total. The van der Waals surface area contributed by atoms with Crippen LogP contribution in [-0.2, 0) is 6.42 Å². The zero-order valence-electron chi connectivity index (χ0n) is 11.4. The average molecular weight is 270 g/mol. The minimum Gasteiger partial charge on any atom is -0.324 e. The van der Waals surface area contributed by atoms with Crippen LogP contribution >= 0.6 is 0 Å². The fourth-order valence-electron chi connectivity index (χ4n) is 2.30. The van der Waals surface area contributed by atoms with Crippen molar-refractivity contribution in [1.29, 1.82) is 0 Å². The summed E-state index contributed by atoms with van der Waals surface area (Å²) in [6.45, 7) is 2.07. The molecule has 0 saturated carbocycles. The number of hydrogen-bond acceptors (Lipinski definition) is 3. The molecule has 0 aliphatic carbocycles. The Labute approximate surface area is 118 Å². The SMILES string of the molecule is CC(Cc1cccc([N+](=O)[O-])c1)C(N)c1ccccc1. The highest BCUT2D eigenvalue weighted by molar-refractivity contribution is 5.34. The fraction of sp³-hybridized carbons (Fsp3) is 0.250. The highest BCUT2D eigenvalue weighted by atomic mass is 16.6. The molecule has 2 unspecified atom stereocenters. The summed E-state index contributed by atoms with van der Waals surface area (Å²) in [6, 6.07) is 16.6. The lowest BCUT2D eigenvalue weighted by Gasteiger charge is -2.20. The largest absolute Gasteiger partial charge is 0.324 e. The van der Waals surface area contributed by atoms with Gasteiger partial charge in [-0.1, -0.05) is 49.4 Å². The first-order chi connectivity index (χ1) is 9.58. The molecule has 4 nitrogen and oxygen atoms in total. The number of nitrogens with zero attached hydrogens (tertiary/aromatic N) is 1. The van der Waals surface area contributed by atoms with Crippen LogP contribution in [0, 0.1) is 16.0 Å². The predicted molar refractivity (Wildman–Crippen MR) is 79.3 cm³/mol. The van der Waals surface area contributed by atoms with Gasteiger partial charge in [0.25, 0.3) is 5.69 Å². The monoisotopic (exact) mass is 270 g/mol. The molecule has 2 atom stereocenters. The Hall–Kier alpha value is -2.20. The number of nitro groups is 1. The zero-order valence-corrected chi connectivity index (χ0v) is 11.4. The van der Waals surface area contributed by atoms with Gasteiger partial charge in [0.1, 0.15) is 0 Å². The van der Waals surface area contributed by atoms with Gasteiger partial charge in [0.05, 0.1) is 4.92 Å². The molecule has 2 aromatic carbocycles. The molecule has 0 amide bonds. The van der Waals surface area contributed by atoms with Crippen molar-refractivity contribution in [3.05, 3.63) is 75.8 Å². The number of benzene rings is 2. The van der Waals surface area contributed by atoms with E-state index in [1.54, 1.807) is 12.1 Å². The Bertz CT molecular complexity index is 584. The topological polar surface area (TPSA) is 69.2 Å². The third-order valence-electron chi connectivity index (χ3n) is 3.48. The highest BCUT2D eigenvalue weighted by Gasteiger charge is 2.16. The lowest BCUT2D eigenvalue weighted by atomic mass is 9.90. The Morgan fingerprint density at radius 1 is 1.15 bits per heavy atom. The Morgan fingerprint density at radius 3 is 2.50 bits per heavy atom. The Morgan fingerprint density at radius 2 is 1.85 bits per heavy atom. The Balaban J connectivity index is 2.09. The first-order valence-corrected chi connectivity index (χ1v) is 6.62. The number of nitro benzene ring substituents is 1. The van der Waals surface area contributed by atoms with Crippen LogP contribution in [0.4, 0.5) is 5.69 Å². The highest BCUT2D eigenvalue weighted by Crippen LogP contribution is 2.24. The summed E-state index contributed by atoms with van der Waals surface area (Å²) in [6.07, 6.45) is 0.720. The van der Waals surface area contributed by atoms with E-state index in [4.69, 9.17) is 5.73 Å². The van der Waals surface area contributed by atoms with Gasteiger partial charge in [-0.25, -0.2) is 0 Å². The van der Waals surface area contributed by atoms with Crippen molar-refractivity contribution >= 4 is 5.69 Å². The third kappa shape index (κ3) is 3.42. The summed E-state index contributed by atoms with van der Waals surface area (Å²) in [5.74, 6) is 0.208. The molecule has 0 radical (unpaired) electrons. The number of rotatable bonds is 5. The molecule has 0 bridgehead atoms. The Kier molecular flexibility index (Phi) is 4.48. The normalized spacial score (nSPS) is 13.7. The van der Waals surface area contributed by atoms with Gasteiger partial charge < -0.3 is 5.73 Å². The van der Waals surface area contributed by atoms with Crippen LogP contribution < -0.4 is 5.73 Å². The van der Waals surface area contributed by atoms with Crippen molar-refractivity contribution in [2.75, 3.05) is 0 Å². The van der Waals surface area contributed by atoms with Crippen LogP contribution in [0.3, 0.4) is 0 Å². The second kappa shape index (κ2) is 6.30. The maximum atomic E-state index is 10.8. The molecular formula is C16H18N2O2. The maximum absolute atomic E-state index is 10.8. The van der Waals surface area contributed by atoms with Crippen LogP contribution in [-0.4, -0.2) is 4.92 Å². The van der Waals surface area contributed by atoms with Gasteiger partial charge in [-0.05, 0) is 23.5 Å². The number of hydrogen-bond donors (Lipinski definition) is 1. The first-order valence-electron chi connectivity index (χ1n) is 6.62. The minimum absolute atomic E-state index is 0.0736. The lowest BCUT2D eigenvalue weighted by Crippen LogP contribution is -2.20. The van der Waals surface area contributed by atoms with E-state index in [2.05, 4.69) is 6.92 Å². The average Bonchev–Trinajstić information content (AvgIpc) is 2.47. The van der Waals surface area contributed by atoms with Gasteiger partial charge >= 0.3 is 0 Å². The van der Waals surface area contributed by atoms with Crippen molar-refractivity contribution in [3.63, 3.8) is 0 Å². The first kappa shape index (κ1) is 14.2. The van der Waals surface area contributed by atoms with Crippen molar-refractivity contribution < 1.29 is 4.92 Å². The summed E-state index contributed by atoms with van der Waals surface area (Å²) in [4.78, 5) is 10.4. The maximum Gasteiger partial charge on any atom is 0.269 e. The molecule has 20 heavy (non-hydrogen) atoms. The molecule has 0 aliphatic rings. The van der Waals surface area contributed by atoms with E-state index in [0.29, 0.717) is 0 Å². The van der Waals surface area contributed by atoms with E-state index in [1.807, 2.05) is 36.4 Å². The smallest absolute Gasteiger partial charge is 0.269 e. The molecule has 0 spiro atoms. The molecule has 0 heterocycles. The standard InChI is InChI=1S/C16H18N2O2/c1-12(16(17)14-7-3-2-4-8-14)10-13-6-5-9-15(11-13)18(19)20/h2-9,11-12,16H,10,17H2,1H3. The minimum atomic E-state index is -0.370. The van der Waals surface area contributed by atoms with Crippen molar-refractivity contribution in [1.82, 2.24) is 0 Å². The van der Waals surface area contributed by atoms with Crippen LogP contribution in [0.15, 0.2) is 54.6 Å². The molecule has 0 fully saturated rings. The zero-order chi connectivity index (χ0) is 14.5. The molecule has 0 aromatic heterocycles. The van der Waals surface area contributed by atoms with Gasteiger partial charge in [-0.2, -0.15) is 0 Å². The van der Waals surface area contributed by atoms with E-state index >= 15 is 0 Å². The summed E-state index contributed by atoms with van der Waals surface area (Å²) >= 11 is 0. The molecular weight excluding hydrogens is 252 g/mol. The van der Waals surface area contributed by atoms with Gasteiger partial charge in [0.15, 0.2) is 0 Å². The van der Waals surface area contributed by atoms with Gasteiger partial charge in [0, 0.05) is 18.2 Å². The van der Waals surface area contributed by atoms with Gasteiger partial charge in [0.2, 0.25) is 0 Å². The van der Waals surface area contributed by atoms with E-state index in [9.17, 15) is 10.1 Å². The quantitative estimate of drug-likeness (QED) is 0.668. The van der Waals surface area contributed by atoms with Gasteiger partial charge in [-0.15, -0.1) is 0 Å². The molecule has 0 saturated heterocycles. The summed E-state index contributed by atoms with van der Waals surface area (Å²) in [7, 11) is 0. The van der Waals surface area contributed by atoms with Crippen LogP contribution in [0.1, 0.15) is 24.1 Å². The van der Waals surface area contributed by atoms with Crippen molar-refractivity contribution in [2.45, 2.75) is 19.4 Å². The third-order valence-corrected chi connectivity index (χ3v) is 3.48. The summed E-state index contributed by atoms with van der Waals surface area (Å²) in [5.41, 5.74) is 8.41. The van der Waals surface area contributed by atoms with Crippen molar-refractivity contribution in [2.24, 2.45) is 11.7 Å². The molecule has 104 valence electrons. The van der Waals surface area contributed by atoms with E-state index in [-0.39, 0.29) is 22.6 Å². The summed E-state index contributed by atoms with van der Waals surface area (Å²) in [5, 5.41) is 10.8. The molecule has 2 rings (SSSR count). The predicted octanol–water partition coefficient (Wildman–Crippen LogP) is 3.47. The van der Waals surface area contributed by atoms with Crippen LogP contribution in [0.25, 0.3) is 0 Å². The van der Waals surface area contributed by atoms with E-state index < -0.39 is 0 Å². The van der Waals surface area contributed by atoms with Crippen LogP contribution in [0.5, 0.6) is 0 Å². The molecule has 0 aliphatic heterocycles. The summed E-state index contributed by atoms with van der Waals surface area (Å²) < 4.78 is 0. The van der Waals surface area contributed by atoms with E-state index in [1.165, 1.54) is 6.07 Å². The molecule has 4 heteroatoms. The lowest BCUT2D eigenvalue weighted by molar-refractivity contribution is -0.384. The van der Waals surface area contributed by atoms with Gasteiger partial charge in [-0.3, -0.25) is 10.1 Å². The second-order valence-corrected chi connectivity index (χ2v) is 5.04. The van der Waals surface area contributed by atoms with E-state index in [0.717, 1.165) is 17.5 Å². The second-order valence-electron chi connectivity index (χ2n) is 5.04. The number of non-ortho nitro benzene ring substituents is 1. The van der Waals surface area contributed by atoms with Crippen LogP contribution in [0.2, 0.25) is 0 Å². The number of nitrogens with two attached hydrogens (primary N) is 1. The molecule has 2 aromatic rings.